The molecule has 6 heteroatoms. The molecule has 1 unspecified atom stereocenters. The molecule has 4 rings (SSSR count). The maximum Gasteiger partial charge on any atom is 0.257 e. The molecule has 0 bridgehead atoms. The van der Waals surface area contributed by atoms with E-state index in [9.17, 15) is 0 Å². The normalized spacial score (nSPS) is 12.8. The van der Waals surface area contributed by atoms with Crippen LogP contribution in [0, 0.1) is 0 Å². The molecule has 4 aromatic rings. The Morgan fingerprint density at radius 2 is 1.90 bits per heavy atom. The van der Waals surface area contributed by atoms with Crippen molar-refractivity contribution in [1.29, 1.82) is 0 Å². The van der Waals surface area contributed by atoms with Crippen molar-refractivity contribution >= 4 is 43.7 Å². The zero-order valence-electron chi connectivity index (χ0n) is 10.7. The predicted octanol–water partition coefficient (Wildman–Crippen LogP) is 5.34. The van der Waals surface area contributed by atoms with E-state index in [1.807, 2.05) is 30.3 Å². The molecule has 0 N–H and O–H groups in total. The van der Waals surface area contributed by atoms with Crippen LogP contribution in [-0.2, 0) is 0 Å². The van der Waals surface area contributed by atoms with Crippen molar-refractivity contribution in [2.45, 2.75) is 5.38 Å². The fourth-order valence-electron chi connectivity index (χ4n) is 2.07. The number of thiophene rings is 2. The van der Waals surface area contributed by atoms with Gasteiger partial charge in [0.15, 0.2) is 0 Å². The molecule has 3 heterocycles. The highest BCUT2D eigenvalue weighted by Crippen LogP contribution is 2.37. The minimum atomic E-state index is -0.423. The molecular weight excluding hydrogens is 324 g/mol. The topological polar surface area (TPSA) is 38.9 Å². The van der Waals surface area contributed by atoms with E-state index < -0.39 is 5.38 Å². The van der Waals surface area contributed by atoms with Crippen LogP contribution < -0.4 is 0 Å². The second-order valence-corrected chi connectivity index (χ2v) is 6.95. The Bertz CT molecular complexity index is 853. The largest absolute Gasteiger partial charge is 0.418 e. The quantitative estimate of drug-likeness (QED) is 0.475. The Balaban J connectivity index is 1.68. The van der Waals surface area contributed by atoms with Crippen molar-refractivity contribution < 1.29 is 4.42 Å². The molecule has 1 atom stereocenters. The third kappa shape index (κ3) is 2.37. The van der Waals surface area contributed by atoms with Gasteiger partial charge in [0.25, 0.3) is 5.89 Å². The van der Waals surface area contributed by atoms with Crippen molar-refractivity contribution in [2.24, 2.45) is 0 Å². The lowest BCUT2D eigenvalue weighted by molar-refractivity contribution is 0.514. The Labute approximate surface area is 133 Å². The van der Waals surface area contributed by atoms with Crippen molar-refractivity contribution in [3.8, 4) is 10.8 Å². The summed E-state index contributed by atoms with van der Waals surface area (Å²) in [6, 6.07) is 13.9. The number of aromatic nitrogens is 2. The van der Waals surface area contributed by atoms with Gasteiger partial charge < -0.3 is 4.42 Å². The minimum Gasteiger partial charge on any atom is -0.418 e. The van der Waals surface area contributed by atoms with Crippen molar-refractivity contribution in [1.82, 2.24) is 10.2 Å². The number of fused-ring (bicyclic) bond motifs is 1. The van der Waals surface area contributed by atoms with Gasteiger partial charge in [-0.25, -0.2) is 0 Å². The van der Waals surface area contributed by atoms with Gasteiger partial charge in [0.2, 0.25) is 5.89 Å². The molecule has 104 valence electrons. The summed E-state index contributed by atoms with van der Waals surface area (Å²) in [4.78, 5) is 0.979. The standard InChI is InChI=1S/C15H9ClN2OS2/c16-13(9-4-2-1-3-5-9)15-18-17-14(19-15)12-8-11-10(21-12)6-7-20-11/h1-8,13H. The Kier molecular flexibility index (Phi) is 3.25. The average molecular weight is 333 g/mol. The first kappa shape index (κ1) is 13.0. The van der Waals surface area contributed by atoms with Gasteiger partial charge in [-0.2, -0.15) is 0 Å². The van der Waals surface area contributed by atoms with Gasteiger partial charge in [-0.15, -0.1) is 44.5 Å². The number of hydrogen-bond donors (Lipinski definition) is 0. The van der Waals surface area contributed by atoms with Crippen LogP contribution in [0.1, 0.15) is 16.8 Å². The summed E-state index contributed by atoms with van der Waals surface area (Å²) in [5.74, 6) is 0.953. The Hall–Kier alpha value is -1.69. The third-order valence-corrected chi connectivity index (χ3v) is 5.62. The van der Waals surface area contributed by atoms with Crippen LogP contribution in [0.15, 0.2) is 52.3 Å². The summed E-state index contributed by atoms with van der Waals surface area (Å²) in [5.41, 5.74) is 0.946. The fourth-order valence-corrected chi connectivity index (χ4v) is 4.34. The number of alkyl halides is 1. The SMILES string of the molecule is ClC(c1ccccc1)c1nnc(-c2cc3sccc3s2)o1. The van der Waals surface area contributed by atoms with E-state index in [1.165, 1.54) is 9.40 Å². The van der Waals surface area contributed by atoms with E-state index in [2.05, 4.69) is 27.7 Å². The number of halogens is 1. The number of rotatable bonds is 3. The van der Waals surface area contributed by atoms with Gasteiger partial charge in [-0.05, 0) is 23.1 Å². The summed E-state index contributed by atoms with van der Waals surface area (Å²) in [6.07, 6.45) is 0. The maximum absolute atomic E-state index is 6.40. The molecule has 3 aromatic heterocycles. The van der Waals surface area contributed by atoms with Crippen LogP contribution in [0.25, 0.3) is 20.2 Å². The molecule has 0 aliphatic rings. The van der Waals surface area contributed by atoms with E-state index in [1.54, 1.807) is 22.7 Å². The second-order valence-electron chi connectivity index (χ2n) is 4.48. The lowest BCUT2D eigenvalue weighted by Crippen LogP contribution is -1.92. The van der Waals surface area contributed by atoms with Crippen LogP contribution in [0.2, 0.25) is 0 Å². The van der Waals surface area contributed by atoms with Gasteiger partial charge in [0.1, 0.15) is 5.38 Å². The molecule has 0 amide bonds. The minimum absolute atomic E-state index is 0.423. The van der Waals surface area contributed by atoms with E-state index in [4.69, 9.17) is 16.0 Å². The van der Waals surface area contributed by atoms with Gasteiger partial charge in [0.05, 0.1) is 4.88 Å². The lowest BCUT2D eigenvalue weighted by Gasteiger charge is -2.03. The highest BCUT2D eigenvalue weighted by molar-refractivity contribution is 7.28. The molecule has 0 saturated heterocycles. The second kappa shape index (κ2) is 5.26. The summed E-state index contributed by atoms with van der Waals surface area (Å²) in [6.45, 7) is 0. The summed E-state index contributed by atoms with van der Waals surface area (Å²) in [5, 5.41) is 9.86. The average Bonchev–Trinajstić information content (AvgIpc) is 3.22. The van der Waals surface area contributed by atoms with Gasteiger partial charge in [-0.1, -0.05) is 30.3 Å². The molecule has 0 radical (unpaired) electrons. The molecule has 1 aromatic carbocycles. The number of hydrogen-bond acceptors (Lipinski definition) is 5. The molecule has 0 fully saturated rings. The fraction of sp³-hybridized carbons (Fsp3) is 0.0667. The summed E-state index contributed by atoms with van der Waals surface area (Å²) in [7, 11) is 0. The van der Waals surface area contributed by atoms with E-state index in [0.717, 1.165) is 10.4 Å². The van der Waals surface area contributed by atoms with E-state index in [0.29, 0.717) is 11.8 Å². The molecule has 0 aliphatic carbocycles. The third-order valence-electron chi connectivity index (χ3n) is 3.10. The highest BCUT2D eigenvalue weighted by atomic mass is 35.5. The molecule has 3 nitrogen and oxygen atoms in total. The van der Waals surface area contributed by atoms with Crippen LogP contribution in [0.4, 0.5) is 0 Å². The van der Waals surface area contributed by atoms with Crippen LogP contribution in [0.3, 0.4) is 0 Å². The zero-order chi connectivity index (χ0) is 14.2. The van der Waals surface area contributed by atoms with Crippen molar-refractivity contribution in [3.05, 3.63) is 59.3 Å². The smallest absolute Gasteiger partial charge is 0.257 e. The predicted molar refractivity (Wildman–Crippen MR) is 87.1 cm³/mol. The van der Waals surface area contributed by atoms with E-state index >= 15 is 0 Å². The maximum atomic E-state index is 6.40. The monoisotopic (exact) mass is 332 g/mol. The first-order valence-electron chi connectivity index (χ1n) is 6.31. The van der Waals surface area contributed by atoms with Crippen molar-refractivity contribution in [3.63, 3.8) is 0 Å². The first-order valence-corrected chi connectivity index (χ1v) is 8.44. The number of nitrogens with zero attached hydrogens (tertiary/aromatic N) is 2. The molecule has 0 spiro atoms. The Morgan fingerprint density at radius 3 is 2.71 bits per heavy atom. The molecule has 0 saturated carbocycles. The van der Waals surface area contributed by atoms with Crippen LogP contribution in [0.5, 0.6) is 0 Å². The van der Waals surface area contributed by atoms with Crippen LogP contribution in [-0.4, -0.2) is 10.2 Å². The van der Waals surface area contributed by atoms with Gasteiger partial charge in [-0.3, -0.25) is 0 Å². The molecular formula is C15H9ClN2OS2. The summed E-state index contributed by atoms with van der Waals surface area (Å²) < 4.78 is 8.22. The van der Waals surface area contributed by atoms with E-state index in [-0.39, 0.29) is 0 Å². The summed E-state index contributed by atoms with van der Waals surface area (Å²) >= 11 is 9.76. The lowest BCUT2D eigenvalue weighted by atomic mass is 10.1. The zero-order valence-corrected chi connectivity index (χ0v) is 13.1. The Morgan fingerprint density at radius 1 is 1.05 bits per heavy atom. The molecule has 0 aliphatic heterocycles. The first-order chi connectivity index (χ1) is 10.3. The number of benzene rings is 1. The van der Waals surface area contributed by atoms with Gasteiger partial charge in [0, 0.05) is 9.40 Å². The molecule has 21 heavy (non-hydrogen) atoms. The van der Waals surface area contributed by atoms with Crippen molar-refractivity contribution in [2.75, 3.05) is 0 Å². The highest BCUT2D eigenvalue weighted by Gasteiger charge is 2.19. The van der Waals surface area contributed by atoms with Gasteiger partial charge >= 0.3 is 0 Å². The van der Waals surface area contributed by atoms with Crippen LogP contribution >= 0.6 is 34.3 Å².